The number of aryl methyl sites for hydroxylation is 1. The van der Waals surface area contributed by atoms with E-state index < -0.39 is 11.8 Å². The summed E-state index contributed by atoms with van der Waals surface area (Å²) < 4.78 is 39.9. The standard InChI is InChI=1S/C30H34F2N4O3/c1-19-17-33-27(38-19)29-12-9-28(10-13-29,11-14-29)18-36(26(37)22-7-8-30(31,32)16-22)23-4-2-3-21(15-23)25-34-24(35-39-25)20-5-6-20/h2-4,15,17,20,22H,5-14,16,18H2,1H3. The van der Waals surface area contributed by atoms with Crippen LogP contribution >= 0.6 is 0 Å². The van der Waals surface area contributed by atoms with Crippen LogP contribution in [-0.2, 0) is 10.2 Å². The van der Waals surface area contributed by atoms with Crippen molar-refractivity contribution in [2.24, 2.45) is 11.3 Å². The number of amides is 1. The minimum absolute atomic E-state index is 0.0322. The highest BCUT2D eigenvalue weighted by Crippen LogP contribution is 2.58. The van der Waals surface area contributed by atoms with Gasteiger partial charge in [-0.2, -0.15) is 4.98 Å². The lowest BCUT2D eigenvalue weighted by Gasteiger charge is -2.53. The molecule has 39 heavy (non-hydrogen) atoms. The Morgan fingerprint density at radius 1 is 1.08 bits per heavy atom. The average molecular weight is 537 g/mol. The van der Waals surface area contributed by atoms with E-state index in [1.165, 1.54) is 0 Å². The number of alkyl halides is 2. The van der Waals surface area contributed by atoms with E-state index in [9.17, 15) is 13.6 Å². The van der Waals surface area contributed by atoms with Gasteiger partial charge >= 0.3 is 0 Å². The Labute approximate surface area is 226 Å². The highest BCUT2D eigenvalue weighted by atomic mass is 19.3. The van der Waals surface area contributed by atoms with Crippen molar-refractivity contribution in [1.29, 1.82) is 0 Å². The molecule has 5 saturated carbocycles. The Bertz CT molecular complexity index is 1370. The number of halogens is 2. The van der Waals surface area contributed by atoms with Crippen molar-refractivity contribution in [2.45, 2.75) is 94.8 Å². The van der Waals surface area contributed by atoms with Gasteiger partial charge in [-0.25, -0.2) is 13.8 Å². The second kappa shape index (κ2) is 8.96. The summed E-state index contributed by atoms with van der Waals surface area (Å²) in [6, 6.07) is 7.57. The molecule has 0 saturated heterocycles. The highest BCUT2D eigenvalue weighted by molar-refractivity contribution is 5.96. The van der Waals surface area contributed by atoms with Crippen LogP contribution < -0.4 is 4.90 Å². The van der Waals surface area contributed by atoms with E-state index in [1.54, 1.807) is 11.1 Å². The molecule has 9 heteroatoms. The lowest BCUT2D eigenvalue weighted by Crippen LogP contribution is -2.51. The third-order valence-corrected chi connectivity index (χ3v) is 9.78. The van der Waals surface area contributed by atoms with Crippen LogP contribution in [0.2, 0.25) is 0 Å². The lowest BCUT2D eigenvalue weighted by atomic mass is 9.53. The number of carbonyl (C=O) groups is 1. The molecule has 5 fully saturated rings. The van der Waals surface area contributed by atoms with Gasteiger partial charge in [-0.1, -0.05) is 11.2 Å². The molecular formula is C30H34F2N4O3. The second-order valence-electron chi connectivity index (χ2n) is 12.6. The van der Waals surface area contributed by atoms with Crippen LogP contribution in [-0.4, -0.2) is 33.5 Å². The Morgan fingerprint density at radius 3 is 2.49 bits per heavy atom. The quantitative estimate of drug-likeness (QED) is 0.324. The van der Waals surface area contributed by atoms with E-state index in [0.29, 0.717) is 24.0 Å². The number of oxazole rings is 1. The van der Waals surface area contributed by atoms with Crippen molar-refractivity contribution in [3.8, 4) is 11.5 Å². The van der Waals surface area contributed by atoms with Crippen LogP contribution in [0.1, 0.15) is 94.0 Å². The maximum Gasteiger partial charge on any atom is 0.258 e. The van der Waals surface area contributed by atoms with E-state index in [0.717, 1.165) is 74.4 Å². The number of carbonyl (C=O) groups excluding carboxylic acids is 1. The molecule has 1 amide bonds. The lowest BCUT2D eigenvalue weighted by molar-refractivity contribution is -0.124. The van der Waals surface area contributed by atoms with Gasteiger partial charge in [-0.3, -0.25) is 4.79 Å². The maximum atomic E-state index is 14.2. The molecule has 2 heterocycles. The number of hydrogen-bond acceptors (Lipinski definition) is 6. The molecule has 7 nitrogen and oxygen atoms in total. The molecule has 206 valence electrons. The molecule has 2 bridgehead atoms. The number of rotatable bonds is 7. The normalized spacial score (nSPS) is 29.6. The average Bonchev–Trinajstić information content (AvgIpc) is 3.31. The topological polar surface area (TPSA) is 85.3 Å². The number of anilines is 1. The van der Waals surface area contributed by atoms with Crippen LogP contribution in [0.5, 0.6) is 0 Å². The molecule has 8 rings (SSSR count). The fourth-order valence-corrected chi connectivity index (χ4v) is 7.10. The van der Waals surface area contributed by atoms with Crippen LogP contribution in [0, 0.1) is 18.3 Å². The zero-order valence-corrected chi connectivity index (χ0v) is 22.3. The number of nitrogens with zero attached hydrogens (tertiary/aromatic N) is 4. The Balaban J connectivity index is 1.17. The molecule has 1 aromatic carbocycles. The molecule has 3 aromatic rings. The van der Waals surface area contributed by atoms with Crippen molar-refractivity contribution in [1.82, 2.24) is 15.1 Å². The first-order chi connectivity index (χ1) is 18.7. The Kier molecular flexibility index (Phi) is 5.72. The zero-order chi connectivity index (χ0) is 26.8. The molecule has 5 aliphatic rings. The molecule has 5 aliphatic carbocycles. The van der Waals surface area contributed by atoms with Gasteiger partial charge in [0, 0.05) is 47.9 Å². The van der Waals surface area contributed by atoms with Gasteiger partial charge in [-0.15, -0.1) is 0 Å². The van der Waals surface area contributed by atoms with Gasteiger partial charge in [0.1, 0.15) is 5.76 Å². The fourth-order valence-electron chi connectivity index (χ4n) is 7.10. The monoisotopic (exact) mass is 536 g/mol. The van der Waals surface area contributed by atoms with Crippen LogP contribution in [0.4, 0.5) is 14.5 Å². The number of aromatic nitrogens is 3. The molecule has 1 atom stereocenters. The van der Waals surface area contributed by atoms with Gasteiger partial charge in [0.2, 0.25) is 17.7 Å². The SMILES string of the molecule is Cc1cnc(C23CCC(CN(C(=O)C4CCC(F)(F)C4)c4cccc(-c5nc(C6CC6)no5)c4)(CC2)CC3)o1. The van der Waals surface area contributed by atoms with Crippen molar-refractivity contribution in [3.63, 3.8) is 0 Å². The van der Waals surface area contributed by atoms with E-state index in [4.69, 9.17) is 8.94 Å². The summed E-state index contributed by atoms with van der Waals surface area (Å²) in [4.78, 5) is 24.9. The highest BCUT2D eigenvalue weighted by Gasteiger charge is 2.53. The first kappa shape index (κ1) is 24.9. The summed E-state index contributed by atoms with van der Waals surface area (Å²) in [5.41, 5.74) is 1.36. The third-order valence-electron chi connectivity index (χ3n) is 9.78. The van der Waals surface area contributed by atoms with Crippen LogP contribution in [0.3, 0.4) is 0 Å². The van der Waals surface area contributed by atoms with Gasteiger partial charge < -0.3 is 13.8 Å². The first-order valence-electron chi connectivity index (χ1n) is 14.3. The predicted octanol–water partition coefficient (Wildman–Crippen LogP) is 6.97. The molecule has 0 radical (unpaired) electrons. The smallest absolute Gasteiger partial charge is 0.258 e. The van der Waals surface area contributed by atoms with Gasteiger partial charge in [0.25, 0.3) is 5.89 Å². The van der Waals surface area contributed by atoms with Gasteiger partial charge in [0.15, 0.2) is 5.82 Å². The summed E-state index contributed by atoms with van der Waals surface area (Å²) in [5.74, 6) is -0.456. The second-order valence-corrected chi connectivity index (χ2v) is 12.6. The minimum atomic E-state index is -2.78. The van der Waals surface area contributed by atoms with Crippen LogP contribution in [0.15, 0.2) is 39.4 Å². The van der Waals surface area contributed by atoms with Crippen LogP contribution in [0.25, 0.3) is 11.5 Å². The number of hydrogen-bond donors (Lipinski definition) is 0. The van der Waals surface area contributed by atoms with E-state index >= 15 is 0 Å². The Hall–Kier alpha value is -3.10. The van der Waals surface area contributed by atoms with E-state index in [-0.39, 0.29) is 36.0 Å². The van der Waals surface area contributed by atoms with E-state index in [1.807, 2.05) is 31.2 Å². The summed E-state index contributed by atoms with van der Waals surface area (Å²) in [5, 5.41) is 4.14. The number of benzene rings is 1. The molecular weight excluding hydrogens is 502 g/mol. The van der Waals surface area contributed by atoms with Crippen molar-refractivity contribution in [2.75, 3.05) is 11.4 Å². The zero-order valence-electron chi connectivity index (χ0n) is 22.3. The maximum absolute atomic E-state index is 14.2. The van der Waals surface area contributed by atoms with Gasteiger partial charge in [-0.05, 0) is 88.3 Å². The van der Waals surface area contributed by atoms with E-state index in [2.05, 4.69) is 15.1 Å². The molecule has 2 aromatic heterocycles. The minimum Gasteiger partial charge on any atom is -0.445 e. The number of fused-ring (bicyclic) bond motifs is 3. The predicted molar refractivity (Wildman–Crippen MR) is 139 cm³/mol. The summed E-state index contributed by atoms with van der Waals surface area (Å²) in [7, 11) is 0. The fraction of sp³-hybridized carbons (Fsp3) is 0.600. The Morgan fingerprint density at radius 2 is 1.85 bits per heavy atom. The summed E-state index contributed by atoms with van der Waals surface area (Å²) >= 11 is 0. The van der Waals surface area contributed by atoms with Crippen molar-refractivity contribution >= 4 is 11.6 Å². The molecule has 0 aliphatic heterocycles. The molecule has 1 unspecified atom stereocenters. The van der Waals surface area contributed by atoms with Gasteiger partial charge in [0.05, 0.1) is 6.20 Å². The first-order valence-corrected chi connectivity index (χ1v) is 14.3. The summed E-state index contributed by atoms with van der Waals surface area (Å²) in [6.45, 7) is 2.45. The summed E-state index contributed by atoms with van der Waals surface area (Å²) in [6.07, 6.45) is 9.29. The third kappa shape index (κ3) is 4.57. The largest absolute Gasteiger partial charge is 0.445 e. The van der Waals surface area contributed by atoms with Crippen molar-refractivity contribution in [3.05, 3.63) is 47.9 Å². The van der Waals surface area contributed by atoms with Crippen molar-refractivity contribution < 1.29 is 22.5 Å². The molecule has 0 N–H and O–H groups in total. The molecule has 0 spiro atoms.